The smallest absolute Gasteiger partial charge is 0.357 e. The van der Waals surface area contributed by atoms with E-state index in [4.69, 9.17) is 0 Å². The molecule has 0 unspecified atom stereocenters. The number of alkyl halides is 3. The van der Waals surface area contributed by atoms with Gasteiger partial charge in [0.15, 0.2) is 11.7 Å². The van der Waals surface area contributed by atoms with Gasteiger partial charge >= 0.3 is 6.18 Å². The van der Waals surface area contributed by atoms with E-state index < -0.39 is 11.9 Å². The molecule has 2 rings (SSSR count). The lowest BCUT2D eigenvalue weighted by Gasteiger charge is -2.22. The SMILES string of the molecule is CCNC(=NCCc1nc(C(F)(F)F)cs1)N(C)Cc1ccccc1. The molecule has 0 fully saturated rings. The van der Waals surface area contributed by atoms with Crippen LogP contribution in [0.3, 0.4) is 0 Å². The van der Waals surface area contributed by atoms with Gasteiger partial charge in [-0.2, -0.15) is 13.2 Å². The molecule has 1 aromatic carbocycles. The minimum Gasteiger partial charge on any atom is -0.357 e. The quantitative estimate of drug-likeness (QED) is 0.621. The summed E-state index contributed by atoms with van der Waals surface area (Å²) in [6.07, 6.45) is -4.00. The second kappa shape index (κ2) is 8.84. The number of guanidine groups is 1. The molecule has 2 aromatic rings. The standard InChI is InChI=1S/C17H21F3N4S/c1-3-21-16(24(2)11-13-7-5-4-6-8-13)22-10-9-15-23-14(12-25-15)17(18,19)20/h4-8,12H,3,9-11H2,1-2H3,(H,21,22). The van der Waals surface area contributed by atoms with Crippen LogP contribution >= 0.6 is 11.3 Å². The van der Waals surface area contributed by atoms with Crippen LogP contribution in [0.1, 0.15) is 23.2 Å². The van der Waals surface area contributed by atoms with E-state index in [9.17, 15) is 13.2 Å². The third-order valence-corrected chi connectivity index (χ3v) is 4.30. The third kappa shape index (κ3) is 6.04. The number of nitrogens with one attached hydrogen (secondary N) is 1. The van der Waals surface area contributed by atoms with Crippen molar-refractivity contribution in [2.75, 3.05) is 20.1 Å². The van der Waals surface area contributed by atoms with E-state index in [0.717, 1.165) is 28.2 Å². The number of aliphatic imine (C=N–C) groups is 1. The minimum absolute atomic E-state index is 0.381. The van der Waals surface area contributed by atoms with Gasteiger partial charge in [0.25, 0.3) is 0 Å². The zero-order valence-corrected chi connectivity index (χ0v) is 15.0. The first-order valence-corrected chi connectivity index (χ1v) is 8.83. The van der Waals surface area contributed by atoms with Gasteiger partial charge < -0.3 is 10.2 Å². The molecule has 0 aliphatic rings. The van der Waals surface area contributed by atoms with Crippen molar-refractivity contribution in [3.05, 3.63) is 52.0 Å². The van der Waals surface area contributed by atoms with Crippen molar-refractivity contribution >= 4 is 17.3 Å². The highest BCUT2D eigenvalue weighted by atomic mass is 32.1. The van der Waals surface area contributed by atoms with Crippen molar-refractivity contribution in [1.82, 2.24) is 15.2 Å². The van der Waals surface area contributed by atoms with Gasteiger partial charge in [-0.25, -0.2) is 4.98 Å². The van der Waals surface area contributed by atoms with Crippen LogP contribution in [0.2, 0.25) is 0 Å². The Hall–Kier alpha value is -2.09. The Morgan fingerprint density at radius 3 is 2.60 bits per heavy atom. The number of thiazole rings is 1. The average molecular weight is 370 g/mol. The van der Waals surface area contributed by atoms with Crippen LogP contribution in [0.4, 0.5) is 13.2 Å². The van der Waals surface area contributed by atoms with Crippen LogP contribution in [0, 0.1) is 0 Å². The Balaban J connectivity index is 1.95. The molecule has 0 aliphatic heterocycles. The van der Waals surface area contributed by atoms with E-state index >= 15 is 0 Å². The molecular weight excluding hydrogens is 349 g/mol. The first kappa shape index (κ1) is 19.2. The largest absolute Gasteiger partial charge is 0.434 e. The molecular formula is C17H21F3N4S. The molecule has 0 aliphatic carbocycles. The van der Waals surface area contributed by atoms with Crippen molar-refractivity contribution in [3.63, 3.8) is 0 Å². The normalized spacial score (nSPS) is 12.3. The summed E-state index contributed by atoms with van der Waals surface area (Å²) in [5, 5.41) is 4.69. The summed E-state index contributed by atoms with van der Waals surface area (Å²) < 4.78 is 37.7. The summed E-state index contributed by atoms with van der Waals surface area (Å²) in [7, 11) is 1.93. The molecule has 0 saturated heterocycles. The molecule has 8 heteroatoms. The van der Waals surface area contributed by atoms with Gasteiger partial charge in [0.1, 0.15) is 0 Å². The van der Waals surface area contributed by atoms with Gasteiger partial charge in [0.05, 0.1) is 5.01 Å². The number of halogens is 3. The summed E-state index contributed by atoms with van der Waals surface area (Å²) in [6.45, 7) is 3.77. The van der Waals surface area contributed by atoms with Crippen LogP contribution < -0.4 is 5.32 Å². The second-order valence-electron chi connectivity index (χ2n) is 5.45. The van der Waals surface area contributed by atoms with Gasteiger partial charge in [0, 0.05) is 38.5 Å². The van der Waals surface area contributed by atoms with Crippen molar-refractivity contribution in [1.29, 1.82) is 0 Å². The molecule has 25 heavy (non-hydrogen) atoms. The molecule has 0 amide bonds. The zero-order chi connectivity index (χ0) is 18.3. The zero-order valence-electron chi connectivity index (χ0n) is 14.2. The lowest BCUT2D eigenvalue weighted by Crippen LogP contribution is -2.38. The molecule has 4 nitrogen and oxygen atoms in total. The number of rotatable bonds is 6. The molecule has 136 valence electrons. The van der Waals surface area contributed by atoms with Crippen molar-refractivity contribution < 1.29 is 13.2 Å². The van der Waals surface area contributed by atoms with Crippen LogP contribution in [0.25, 0.3) is 0 Å². The van der Waals surface area contributed by atoms with Crippen LogP contribution in [-0.4, -0.2) is 36.0 Å². The summed E-state index contributed by atoms with van der Waals surface area (Å²) in [5.74, 6) is 0.721. The van der Waals surface area contributed by atoms with Crippen molar-refractivity contribution in [3.8, 4) is 0 Å². The maximum atomic E-state index is 12.6. The Morgan fingerprint density at radius 1 is 1.28 bits per heavy atom. The molecule has 1 heterocycles. The first-order valence-electron chi connectivity index (χ1n) is 7.95. The van der Waals surface area contributed by atoms with Crippen LogP contribution in [0.15, 0.2) is 40.7 Å². The summed E-state index contributed by atoms with van der Waals surface area (Å²) in [5.41, 5.74) is 0.329. The second-order valence-corrected chi connectivity index (χ2v) is 6.39. The summed E-state index contributed by atoms with van der Waals surface area (Å²) in [4.78, 5) is 10.1. The monoisotopic (exact) mass is 370 g/mol. The van der Waals surface area contributed by atoms with E-state index in [2.05, 4.69) is 15.3 Å². The number of hydrogen-bond donors (Lipinski definition) is 1. The van der Waals surface area contributed by atoms with E-state index in [0.29, 0.717) is 31.1 Å². The van der Waals surface area contributed by atoms with Crippen LogP contribution in [0.5, 0.6) is 0 Å². The molecule has 0 atom stereocenters. The van der Waals surface area contributed by atoms with Gasteiger partial charge in [-0.05, 0) is 12.5 Å². The third-order valence-electron chi connectivity index (χ3n) is 3.39. The van der Waals surface area contributed by atoms with Crippen molar-refractivity contribution in [2.45, 2.75) is 26.1 Å². The Kier molecular flexibility index (Phi) is 6.81. The number of aromatic nitrogens is 1. The fraction of sp³-hybridized carbons (Fsp3) is 0.412. The minimum atomic E-state index is -4.39. The Morgan fingerprint density at radius 2 is 2.00 bits per heavy atom. The topological polar surface area (TPSA) is 40.5 Å². The Bertz CT molecular complexity index is 683. The first-order chi connectivity index (χ1) is 11.9. The summed E-state index contributed by atoms with van der Waals surface area (Å²) >= 11 is 1.02. The van der Waals surface area contributed by atoms with E-state index in [1.165, 1.54) is 0 Å². The van der Waals surface area contributed by atoms with Gasteiger partial charge in [0.2, 0.25) is 0 Å². The van der Waals surface area contributed by atoms with Gasteiger partial charge in [-0.1, -0.05) is 30.3 Å². The highest BCUT2D eigenvalue weighted by molar-refractivity contribution is 7.09. The fourth-order valence-corrected chi connectivity index (χ4v) is 3.01. The number of nitrogens with zero attached hydrogens (tertiary/aromatic N) is 3. The molecule has 0 saturated carbocycles. The maximum Gasteiger partial charge on any atom is 0.434 e. The fourth-order valence-electron chi connectivity index (χ4n) is 2.22. The number of hydrogen-bond acceptors (Lipinski definition) is 3. The summed E-state index contributed by atoms with van der Waals surface area (Å²) in [6, 6.07) is 10.00. The average Bonchev–Trinajstić information content (AvgIpc) is 3.04. The van der Waals surface area contributed by atoms with E-state index in [1.807, 2.05) is 49.2 Å². The predicted molar refractivity (Wildman–Crippen MR) is 94.7 cm³/mol. The predicted octanol–water partition coefficient (Wildman–Crippen LogP) is 3.80. The van der Waals surface area contributed by atoms with Crippen molar-refractivity contribution in [2.24, 2.45) is 4.99 Å². The molecule has 0 radical (unpaired) electrons. The van der Waals surface area contributed by atoms with E-state index in [1.54, 1.807) is 0 Å². The lowest BCUT2D eigenvalue weighted by molar-refractivity contribution is -0.140. The molecule has 1 aromatic heterocycles. The molecule has 0 bridgehead atoms. The highest BCUT2D eigenvalue weighted by Gasteiger charge is 2.33. The maximum absolute atomic E-state index is 12.6. The van der Waals surface area contributed by atoms with Gasteiger partial charge in [-0.3, -0.25) is 4.99 Å². The highest BCUT2D eigenvalue weighted by Crippen LogP contribution is 2.30. The number of benzene rings is 1. The van der Waals surface area contributed by atoms with Gasteiger partial charge in [-0.15, -0.1) is 11.3 Å². The van der Waals surface area contributed by atoms with Crippen LogP contribution in [-0.2, 0) is 19.1 Å². The molecule has 0 spiro atoms. The lowest BCUT2D eigenvalue weighted by atomic mass is 10.2. The Labute approximate surface area is 149 Å². The molecule has 1 N–H and O–H groups in total. The van der Waals surface area contributed by atoms with E-state index in [-0.39, 0.29) is 0 Å².